The summed E-state index contributed by atoms with van der Waals surface area (Å²) in [6.07, 6.45) is 1.62. The molecule has 4 nitrogen and oxygen atoms in total. The van der Waals surface area contributed by atoms with E-state index in [1.807, 2.05) is 31.2 Å². The number of pyridine rings is 1. The number of aromatic nitrogens is 1. The first-order valence-electron chi connectivity index (χ1n) is 6.56. The second-order valence-electron chi connectivity index (χ2n) is 4.90. The lowest BCUT2D eigenvalue weighted by molar-refractivity contribution is 0.0779. The van der Waals surface area contributed by atoms with Crippen LogP contribution in [-0.2, 0) is 13.1 Å². The highest BCUT2D eigenvalue weighted by molar-refractivity contribution is 5.92. The van der Waals surface area contributed by atoms with Crippen molar-refractivity contribution in [2.75, 3.05) is 7.05 Å². The van der Waals surface area contributed by atoms with E-state index >= 15 is 0 Å². The number of nitrogens with two attached hydrogens (primary N) is 1. The second-order valence-corrected chi connectivity index (χ2v) is 4.90. The van der Waals surface area contributed by atoms with Gasteiger partial charge in [-0.3, -0.25) is 9.78 Å². The van der Waals surface area contributed by atoms with Crippen LogP contribution in [0.25, 0.3) is 0 Å². The molecular weight excluding hydrogens is 250 g/mol. The van der Waals surface area contributed by atoms with Crippen LogP contribution < -0.4 is 5.73 Å². The van der Waals surface area contributed by atoms with Crippen LogP contribution in [0.15, 0.2) is 42.6 Å². The zero-order valence-electron chi connectivity index (χ0n) is 11.8. The lowest BCUT2D eigenvalue weighted by Crippen LogP contribution is -2.27. The number of aryl methyl sites for hydroxylation is 1. The third-order valence-electron chi connectivity index (χ3n) is 3.13. The molecule has 0 spiro atoms. The third-order valence-corrected chi connectivity index (χ3v) is 3.13. The van der Waals surface area contributed by atoms with Crippen LogP contribution >= 0.6 is 0 Å². The second kappa shape index (κ2) is 6.30. The number of hydrogen-bond donors (Lipinski definition) is 1. The van der Waals surface area contributed by atoms with E-state index in [2.05, 4.69) is 11.1 Å². The highest BCUT2D eigenvalue weighted by atomic mass is 16.2. The maximum absolute atomic E-state index is 12.3. The number of amides is 1. The first-order valence-corrected chi connectivity index (χ1v) is 6.56. The maximum Gasteiger partial charge on any atom is 0.272 e. The van der Waals surface area contributed by atoms with E-state index in [9.17, 15) is 4.79 Å². The van der Waals surface area contributed by atoms with Gasteiger partial charge in [0.05, 0.1) is 0 Å². The average Bonchev–Trinajstić information content (AvgIpc) is 2.46. The van der Waals surface area contributed by atoms with E-state index in [-0.39, 0.29) is 5.91 Å². The quantitative estimate of drug-likeness (QED) is 0.925. The zero-order valence-corrected chi connectivity index (χ0v) is 11.8. The summed E-state index contributed by atoms with van der Waals surface area (Å²) in [5.74, 6) is -0.0955. The minimum absolute atomic E-state index is 0.0955. The van der Waals surface area contributed by atoms with Gasteiger partial charge in [-0.25, -0.2) is 0 Å². The molecule has 0 saturated carbocycles. The van der Waals surface area contributed by atoms with Crippen LogP contribution in [0.3, 0.4) is 0 Å². The molecule has 0 bridgehead atoms. The molecular formula is C16H19N3O. The Morgan fingerprint density at radius 1 is 1.25 bits per heavy atom. The molecule has 1 heterocycles. The van der Waals surface area contributed by atoms with Gasteiger partial charge in [0.1, 0.15) is 5.69 Å². The van der Waals surface area contributed by atoms with Crippen LogP contribution in [0.4, 0.5) is 0 Å². The molecule has 0 fully saturated rings. The summed E-state index contributed by atoms with van der Waals surface area (Å²) in [6.45, 7) is 3.01. The normalized spacial score (nSPS) is 10.3. The minimum Gasteiger partial charge on any atom is -0.336 e. The molecule has 0 unspecified atom stereocenters. The lowest BCUT2D eigenvalue weighted by atomic mass is 10.1. The summed E-state index contributed by atoms with van der Waals surface area (Å²) in [6, 6.07) is 11.7. The van der Waals surface area contributed by atoms with Gasteiger partial charge in [-0.05, 0) is 30.2 Å². The molecule has 2 N–H and O–H groups in total. The Hall–Kier alpha value is -2.20. The fourth-order valence-corrected chi connectivity index (χ4v) is 2.07. The highest BCUT2D eigenvalue weighted by Crippen LogP contribution is 2.10. The molecule has 4 heteroatoms. The van der Waals surface area contributed by atoms with Crippen molar-refractivity contribution in [3.05, 3.63) is 65.0 Å². The van der Waals surface area contributed by atoms with E-state index in [4.69, 9.17) is 5.73 Å². The highest BCUT2D eigenvalue weighted by Gasteiger charge is 2.13. The van der Waals surface area contributed by atoms with Crippen molar-refractivity contribution in [2.24, 2.45) is 5.73 Å². The largest absolute Gasteiger partial charge is 0.336 e. The van der Waals surface area contributed by atoms with E-state index < -0.39 is 0 Å². The molecule has 1 amide bonds. The van der Waals surface area contributed by atoms with Crippen LogP contribution in [0.1, 0.15) is 27.2 Å². The summed E-state index contributed by atoms with van der Waals surface area (Å²) in [5, 5.41) is 0. The molecule has 20 heavy (non-hydrogen) atoms. The number of hydrogen-bond acceptors (Lipinski definition) is 3. The molecule has 0 aliphatic carbocycles. The predicted molar refractivity (Wildman–Crippen MR) is 79.1 cm³/mol. The Labute approximate surface area is 119 Å². The van der Waals surface area contributed by atoms with Gasteiger partial charge in [0, 0.05) is 26.3 Å². The standard InChI is InChI=1S/C16H19N3O/c1-12-4-3-5-14(8-12)11-19(2)16(20)15-9-13(10-17)6-7-18-15/h3-9H,10-11,17H2,1-2H3. The van der Waals surface area contributed by atoms with Gasteiger partial charge in [0.25, 0.3) is 5.91 Å². The van der Waals surface area contributed by atoms with Gasteiger partial charge in [-0.1, -0.05) is 29.8 Å². The SMILES string of the molecule is Cc1cccc(CN(C)C(=O)c2cc(CN)ccn2)c1. The fourth-order valence-electron chi connectivity index (χ4n) is 2.07. The molecule has 2 aromatic rings. The number of carbonyl (C=O) groups is 1. The van der Waals surface area contributed by atoms with Gasteiger partial charge in [-0.2, -0.15) is 0 Å². The van der Waals surface area contributed by atoms with E-state index in [1.54, 1.807) is 24.2 Å². The summed E-state index contributed by atoms with van der Waals surface area (Å²) in [7, 11) is 1.78. The van der Waals surface area contributed by atoms with Crippen molar-refractivity contribution in [2.45, 2.75) is 20.0 Å². The first kappa shape index (κ1) is 14.2. The monoisotopic (exact) mass is 269 g/mol. The molecule has 0 atom stereocenters. The Morgan fingerprint density at radius 2 is 2.05 bits per heavy atom. The predicted octanol–water partition coefficient (Wildman–Crippen LogP) is 2.12. The Morgan fingerprint density at radius 3 is 2.75 bits per heavy atom. The molecule has 1 aromatic heterocycles. The topological polar surface area (TPSA) is 59.2 Å². The van der Waals surface area contributed by atoms with E-state index in [1.165, 1.54) is 5.56 Å². The van der Waals surface area contributed by atoms with Crippen molar-refractivity contribution in [1.82, 2.24) is 9.88 Å². The molecule has 0 saturated heterocycles. The molecule has 0 radical (unpaired) electrons. The Balaban J connectivity index is 2.12. The summed E-state index contributed by atoms with van der Waals surface area (Å²) in [5.41, 5.74) is 9.22. The summed E-state index contributed by atoms with van der Waals surface area (Å²) < 4.78 is 0. The first-order chi connectivity index (χ1) is 9.60. The molecule has 1 aromatic carbocycles. The van der Waals surface area contributed by atoms with Crippen LogP contribution in [0, 0.1) is 6.92 Å². The van der Waals surface area contributed by atoms with E-state index in [0.29, 0.717) is 18.8 Å². The van der Waals surface area contributed by atoms with Gasteiger partial charge in [-0.15, -0.1) is 0 Å². The third kappa shape index (κ3) is 3.42. The van der Waals surface area contributed by atoms with Crippen LogP contribution in [-0.4, -0.2) is 22.8 Å². The molecule has 0 aliphatic heterocycles. The maximum atomic E-state index is 12.3. The van der Waals surface area contributed by atoms with E-state index in [0.717, 1.165) is 11.1 Å². The van der Waals surface area contributed by atoms with Gasteiger partial charge < -0.3 is 10.6 Å². The van der Waals surface area contributed by atoms with Crippen molar-refractivity contribution in [3.8, 4) is 0 Å². The molecule has 104 valence electrons. The number of benzene rings is 1. The Bertz CT molecular complexity index is 610. The van der Waals surface area contributed by atoms with Crippen molar-refractivity contribution >= 4 is 5.91 Å². The summed E-state index contributed by atoms with van der Waals surface area (Å²) >= 11 is 0. The van der Waals surface area contributed by atoms with Gasteiger partial charge >= 0.3 is 0 Å². The van der Waals surface area contributed by atoms with Gasteiger partial charge in [0.15, 0.2) is 0 Å². The number of nitrogens with zero attached hydrogens (tertiary/aromatic N) is 2. The Kier molecular flexibility index (Phi) is 4.48. The fraction of sp³-hybridized carbons (Fsp3) is 0.250. The number of rotatable bonds is 4. The lowest BCUT2D eigenvalue weighted by Gasteiger charge is -2.17. The molecule has 0 aliphatic rings. The molecule has 2 rings (SSSR count). The van der Waals surface area contributed by atoms with Crippen molar-refractivity contribution < 1.29 is 4.79 Å². The number of carbonyl (C=O) groups excluding carboxylic acids is 1. The van der Waals surface area contributed by atoms with Crippen LogP contribution in [0.2, 0.25) is 0 Å². The van der Waals surface area contributed by atoms with Gasteiger partial charge in [0.2, 0.25) is 0 Å². The zero-order chi connectivity index (χ0) is 14.5. The summed E-state index contributed by atoms with van der Waals surface area (Å²) in [4.78, 5) is 18.1. The van der Waals surface area contributed by atoms with Crippen LogP contribution in [0.5, 0.6) is 0 Å². The minimum atomic E-state index is -0.0955. The van der Waals surface area contributed by atoms with Crippen molar-refractivity contribution in [1.29, 1.82) is 0 Å². The average molecular weight is 269 g/mol. The smallest absolute Gasteiger partial charge is 0.272 e. The van der Waals surface area contributed by atoms with Crippen molar-refractivity contribution in [3.63, 3.8) is 0 Å².